The molecule has 0 saturated carbocycles. The van der Waals surface area contributed by atoms with Crippen LogP contribution in [-0.4, -0.2) is 17.3 Å². The third kappa shape index (κ3) is 2.13. The monoisotopic (exact) mass is 129 g/mol. The minimum absolute atomic E-state index is 0.705. The van der Waals surface area contributed by atoms with E-state index in [4.69, 9.17) is 5.11 Å². The quantitative estimate of drug-likeness (QED) is 0.530. The Morgan fingerprint density at radius 2 is 2.00 bits per heavy atom. The van der Waals surface area contributed by atoms with Gasteiger partial charge < -0.3 is 5.11 Å². The third-order valence-corrected chi connectivity index (χ3v) is 0.685. The molecule has 0 aliphatic carbocycles. The highest BCUT2D eigenvalue weighted by Crippen LogP contribution is 2.12. The topological polar surface area (TPSA) is 32.3 Å². The van der Waals surface area contributed by atoms with Gasteiger partial charge in [-0.1, -0.05) is 0 Å². The standard InChI is InChI=1S/C3H6F3NO/c1-2(7-6)3(4,5)8/h2,7-8H,1H3/t2-/m0/s1. The molecule has 0 heterocycles. The Kier molecular flexibility index (Phi) is 2.24. The summed E-state index contributed by atoms with van der Waals surface area (Å²) in [6, 6.07) is -1.84. The van der Waals surface area contributed by atoms with E-state index in [1.54, 1.807) is 0 Å². The molecule has 2 N–H and O–H groups in total. The van der Waals surface area contributed by atoms with Gasteiger partial charge in [-0.2, -0.15) is 8.78 Å². The molecule has 1 atom stereocenters. The zero-order valence-electron chi connectivity index (χ0n) is 4.16. The molecule has 0 radical (unpaired) electrons. The maximum Gasteiger partial charge on any atom is 0.370 e. The lowest BCUT2D eigenvalue weighted by molar-refractivity contribution is -0.224. The molecular formula is C3H6F3NO. The molecule has 0 aromatic heterocycles. The first-order valence-electron chi connectivity index (χ1n) is 1.95. The van der Waals surface area contributed by atoms with Crippen LogP contribution < -0.4 is 5.54 Å². The average Bonchev–Trinajstić information content (AvgIpc) is 1.62. The van der Waals surface area contributed by atoms with Crippen LogP contribution in [0.4, 0.5) is 13.3 Å². The highest BCUT2D eigenvalue weighted by Gasteiger charge is 2.33. The first-order valence-corrected chi connectivity index (χ1v) is 1.95. The van der Waals surface area contributed by atoms with E-state index in [1.807, 2.05) is 0 Å². The van der Waals surface area contributed by atoms with Crippen LogP contribution >= 0.6 is 0 Å². The molecule has 2 nitrogen and oxygen atoms in total. The van der Waals surface area contributed by atoms with Gasteiger partial charge in [0.05, 0.1) is 0 Å². The SMILES string of the molecule is C[C@H](NF)C(O)(F)F. The predicted molar refractivity (Wildman–Crippen MR) is 20.9 cm³/mol. The molecular weight excluding hydrogens is 123 g/mol. The van der Waals surface area contributed by atoms with Crippen LogP contribution in [0.15, 0.2) is 0 Å². The fourth-order valence-corrected chi connectivity index (χ4v) is 0.0656. The number of rotatable bonds is 2. The minimum atomic E-state index is -3.98. The summed E-state index contributed by atoms with van der Waals surface area (Å²) in [6.45, 7) is 0.819. The van der Waals surface area contributed by atoms with Crippen molar-refractivity contribution >= 4 is 0 Å². The number of hydrogen-bond acceptors (Lipinski definition) is 2. The fourth-order valence-electron chi connectivity index (χ4n) is 0.0656. The third-order valence-electron chi connectivity index (χ3n) is 0.685. The number of alkyl halides is 2. The minimum Gasteiger partial charge on any atom is -0.335 e. The Hall–Kier alpha value is -0.290. The molecule has 8 heavy (non-hydrogen) atoms. The Labute approximate surface area is 44.2 Å². The second kappa shape index (κ2) is 2.32. The lowest BCUT2D eigenvalue weighted by atomic mass is 10.3. The van der Waals surface area contributed by atoms with Crippen LogP contribution in [0.2, 0.25) is 0 Å². The van der Waals surface area contributed by atoms with Gasteiger partial charge >= 0.3 is 6.11 Å². The van der Waals surface area contributed by atoms with Gasteiger partial charge in [0, 0.05) is 0 Å². The molecule has 0 aliphatic rings. The smallest absolute Gasteiger partial charge is 0.335 e. The predicted octanol–water partition coefficient (Wildman–Crippen LogP) is 0.434. The maximum absolute atomic E-state index is 11.4. The van der Waals surface area contributed by atoms with Gasteiger partial charge in [-0.05, 0) is 6.92 Å². The molecule has 0 rings (SSSR count). The zero-order chi connectivity index (χ0) is 6.78. The van der Waals surface area contributed by atoms with Crippen molar-refractivity contribution in [1.29, 1.82) is 0 Å². The Morgan fingerprint density at radius 1 is 1.62 bits per heavy atom. The van der Waals surface area contributed by atoms with Crippen molar-refractivity contribution in [2.45, 2.75) is 19.1 Å². The molecule has 0 aromatic rings. The first kappa shape index (κ1) is 7.71. The average molecular weight is 129 g/mol. The first-order chi connectivity index (χ1) is 3.48. The van der Waals surface area contributed by atoms with Gasteiger partial charge in [-0.15, -0.1) is 10.0 Å². The maximum atomic E-state index is 11.4. The van der Waals surface area contributed by atoms with Crippen LogP contribution in [-0.2, 0) is 0 Å². The van der Waals surface area contributed by atoms with Gasteiger partial charge in [-0.3, -0.25) is 0 Å². The van der Waals surface area contributed by atoms with Crippen LogP contribution in [0.1, 0.15) is 6.92 Å². The molecule has 0 bridgehead atoms. The fraction of sp³-hybridized carbons (Fsp3) is 1.00. The Balaban J connectivity index is 3.62. The normalized spacial score (nSPS) is 16.1. The van der Waals surface area contributed by atoms with Gasteiger partial charge in [-0.25, -0.2) is 0 Å². The molecule has 0 aliphatic heterocycles. The summed E-state index contributed by atoms with van der Waals surface area (Å²) in [4.78, 5) is 0. The number of hydrogen-bond donors (Lipinski definition) is 2. The van der Waals surface area contributed by atoms with Crippen LogP contribution in [0, 0.1) is 0 Å². The molecule has 0 amide bonds. The van der Waals surface area contributed by atoms with Crippen molar-refractivity contribution in [1.82, 2.24) is 5.54 Å². The molecule has 0 saturated heterocycles. The van der Waals surface area contributed by atoms with Crippen LogP contribution in [0.5, 0.6) is 0 Å². The Bertz CT molecular complexity index is 71.4. The molecule has 0 unspecified atom stereocenters. The van der Waals surface area contributed by atoms with E-state index in [-0.39, 0.29) is 0 Å². The summed E-state index contributed by atoms with van der Waals surface area (Å²) < 4.78 is 33.7. The van der Waals surface area contributed by atoms with Crippen molar-refractivity contribution in [3.8, 4) is 0 Å². The van der Waals surface area contributed by atoms with Crippen LogP contribution in [0.25, 0.3) is 0 Å². The van der Waals surface area contributed by atoms with Gasteiger partial charge in [0.15, 0.2) is 0 Å². The Morgan fingerprint density at radius 3 is 2.00 bits per heavy atom. The number of aliphatic hydroxyl groups is 1. The molecule has 5 heteroatoms. The summed E-state index contributed by atoms with van der Waals surface area (Å²) in [5, 5.41) is 7.65. The number of halogens is 3. The second-order valence-corrected chi connectivity index (χ2v) is 1.42. The van der Waals surface area contributed by atoms with Gasteiger partial charge in [0.25, 0.3) is 0 Å². The second-order valence-electron chi connectivity index (χ2n) is 1.42. The van der Waals surface area contributed by atoms with Crippen molar-refractivity contribution in [2.75, 3.05) is 0 Å². The van der Waals surface area contributed by atoms with Crippen molar-refractivity contribution < 1.29 is 18.4 Å². The summed E-state index contributed by atoms with van der Waals surface area (Å²) in [7, 11) is 0. The highest BCUT2D eigenvalue weighted by atomic mass is 19.3. The number of nitrogens with one attached hydrogen (secondary N) is 1. The van der Waals surface area contributed by atoms with Crippen molar-refractivity contribution in [2.24, 2.45) is 0 Å². The van der Waals surface area contributed by atoms with E-state index in [0.717, 1.165) is 6.92 Å². The van der Waals surface area contributed by atoms with E-state index in [2.05, 4.69) is 0 Å². The van der Waals surface area contributed by atoms with E-state index >= 15 is 0 Å². The summed E-state index contributed by atoms with van der Waals surface area (Å²) in [5.74, 6) is 0. The summed E-state index contributed by atoms with van der Waals surface area (Å²) in [5.41, 5.74) is 0.705. The van der Waals surface area contributed by atoms with Crippen molar-refractivity contribution in [3.05, 3.63) is 0 Å². The largest absolute Gasteiger partial charge is 0.370 e. The van der Waals surface area contributed by atoms with E-state index in [0.29, 0.717) is 5.54 Å². The molecule has 0 spiro atoms. The lowest BCUT2D eigenvalue weighted by Crippen LogP contribution is -2.38. The zero-order valence-corrected chi connectivity index (χ0v) is 4.16. The van der Waals surface area contributed by atoms with Gasteiger partial charge in [0.2, 0.25) is 0 Å². The van der Waals surface area contributed by atoms with Crippen molar-refractivity contribution in [3.63, 3.8) is 0 Å². The van der Waals surface area contributed by atoms with E-state index in [9.17, 15) is 13.3 Å². The molecule has 50 valence electrons. The molecule has 0 fully saturated rings. The highest BCUT2D eigenvalue weighted by molar-refractivity contribution is 4.62. The summed E-state index contributed by atoms with van der Waals surface area (Å²) in [6.07, 6.45) is -3.98. The van der Waals surface area contributed by atoms with Gasteiger partial charge in [0.1, 0.15) is 6.04 Å². The lowest BCUT2D eigenvalue weighted by Gasteiger charge is -2.12. The van der Waals surface area contributed by atoms with Crippen LogP contribution in [0.3, 0.4) is 0 Å². The summed E-state index contributed by atoms with van der Waals surface area (Å²) >= 11 is 0. The van der Waals surface area contributed by atoms with E-state index < -0.39 is 12.2 Å². The molecule has 0 aromatic carbocycles. The van der Waals surface area contributed by atoms with E-state index in [1.165, 1.54) is 0 Å².